The largest absolute Gasteiger partial charge is 0.345 e. The van der Waals surface area contributed by atoms with Crippen molar-refractivity contribution in [1.29, 1.82) is 0 Å². The van der Waals surface area contributed by atoms with Gasteiger partial charge in [-0.1, -0.05) is 12.0 Å². The summed E-state index contributed by atoms with van der Waals surface area (Å²) in [7, 11) is 0. The smallest absolute Gasteiger partial charge is 0.144 e. The Morgan fingerprint density at radius 3 is 3.05 bits per heavy atom. The van der Waals surface area contributed by atoms with Crippen molar-refractivity contribution in [3.63, 3.8) is 0 Å². The lowest BCUT2D eigenvalue weighted by Gasteiger charge is -2.07. The van der Waals surface area contributed by atoms with E-state index in [4.69, 9.17) is 6.42 Å². The highest BCUT2D eigenvalue weighted by Gasteiger charge is 2.09. The van der Waals surface area contributed by atoms with Gasteiger partial charge in [0.05, 0.1) is 5.39 Å². The average molecular weight is 360 g/mol. The number of aromatic amines is 1. The first-order valence-corrected chi connectivity index (χ1v) is 6.67. The zero-order chi connectivity index (χ0) is 13.2. The summed E-state index contributed by atoms with van der Waals surface area (Å²) < 4.78 is 1.07. The van der Waals surface area contributed by atoms with Gasteiger partial charge in [0.25, 0.3) is 0 Å². The van der Waals surface area contributed by atoms with E-state index in [0.29, 0.717) is 0 Å². The molecule has 0 atom stereocenters. The number of fused-ring (bicyclic) bond motifs is 1. The second kappa shape index (κ2) is 4.90. The normalized spacial score (nSPS) is 10.3. The number of benzene rings is 1. The van der Waals surface area contributed by atoms with Gasteiger partial charge in [-0.2, -0.15) is 0 Å². The van der Waals surface area contributed by atoms with Crippen molar-refractivity contribution >= 4 is 45.1 Å². The number of nitrogens with zero attached hydrogens (tertiary/aromatic N) is 2. The summed E-state index contributed by atoms with van der Waals surface area (Å²) in [6, 6.07) is 7.67. The van der Waals surface area contributed by atoms with Gasteiger partial charge in [-0.3, -0.25) is 0 Å². The molecule has 5 heteroatoms. The van der Waals surface area contributed by atoms with E-state index in [9.17, 15) is 0 Å². The predicted octanol–water partition coefficient (Wildman–Crippen LogP) is 3.29. The van der Waals surface area contributed by atoms with Crippen molar-refractivity contribution in [3.05, 3.63) is 45.9 Å². The Bertz CT molecular complexity index is 785. The lowest BCUT2D eigenvalue weighted by Crippen LogP contribution is -1.96. The van der Waals surface area contributed by atoms with Gasteiger partial charge < -0.3 is 10.3 Å². The van der Waals surface area contributed by atoms with Crippen LogP contribution in [0.2, 0.25) is 0 Å². The first kappa shape index (κ1) is 12.0. The lowest BCUT2D eigenvalue weighted by atomic mass is 10.2. The van der Waals surface area contributed by atoms with E-state index < -0.39 is 0 Å². The molecule has 0 bridgehead atoms. The molecule has 1 aromatic carbocycles. The molecule has 0 radical (unpaired) electrons. The van der Waals surface area contributed by atoms with Gasteiger partial charge in [0.2, 0.25) is 0 Å². The van der Waals surface area contributed by atoms with Crippen LogP contribution in [0, 0.1) is 15.9 Å². The zero-order valence-corrected chi connectivity index (χ0v) is 12.0. The Labute approximate surface area is 123 Å². The SMILES string of the molecule is C#Cc1cccc(Nc2ncnc3[nH]cc(I)c23)c1. The van der Waals surface area contributed by atoms with Gasteiger partial charge in [-0.25, -0.2) is 9.97 Å². The predicted molar refractivity (Wildman–Crippen MR) is 84.3 cm³/mol. The molecule has 2 aromatic heterocycles. The van der Waals surface area contributed by atoms with Crippen LogP contribution in [-0.4, -0.2) is 15.0 Å². The maximum absolute atomic E-state index is 5.40. The Kier molecular flexibility index (Phi) is 3.09. The van der Waals surface area contributed by atoms with Gasteiger partial charge in [0.15, 0.2) is 0 Å². The fourth-order valence-electron chi connectivity index (χ4n) is 1.84. The molecule has 4 nitrogen and oxygen atoms in total. The van der Waals surface area contributed by atoms with E-state index in [2.05, 4.69) is 48.8 Å². The quantitative estimate of drug-likeness (QED) is 0.545. The Balaban J connectivity index is 2.06. The summed E-state index contributed by atoms with van der Waals surface area (Å²) in [5.74, 6) is 3.38. The molecule has 0 aliphatic rings. The second-order valence-corrected chi connectivity index (χ2v) is 5.09. The van der Waals surface area contributed by atoms with Crippen LogP contribution in [0.3, 0.4) is 0 Å². The molecule has 19 heavy (non-hydrogen) atoms. The minimum atomic E-state index is 0.768. The fourth-order valence-corrected chi connectivity index (χ4v) is 2.51. The van der Waals surface area contributed by atoms with Crippen LogP contribution in [0.1, 0.15) is 5.56 Å². The molecule has 0 fully saturated rings. The first-order valence-electron chi connectivity index (χ1n) is 5.59. The van der Waals surface area contributed by atoms with Crippen molar-refractivity contribution < 1.29 is 0 Å². The van der Waals surface area contributed by atoms with Crippen LogP contribution < -0.4 is 5.32 Å². The minimum absolute atomic E-state index is 0.768. The van der Waals surface area contributed by atoms with Crippen LogP contribution in [-0.2, 0) is 0 Å². The number of hydrogen-bond donors (Lipinski definition) is 2. The monoisotopic (exact) mass is 360 g/mol. The third-order valence-corrected chi connectivity index (χ3v) is 3.56. The summed E-state index contributed by atoms with van der Waals surface area (Å²) in [6.07, 6.45) is 8.84. The van der Waals surface area contributed by atoms with E-state index >= 15 is 0 Å². The topological polar surface area (TPSA) is 53.6 Å². The highest BCUT2D eigenvalue weighted by molar-refractivity contribution is 14.1. The Morgan fingerprint density at radius 2 is 2.21 bits per heavy atom. The lowest BCUT2D eigenvalue weighted by molar-refractivity contribution is 1.20. The van der Waals surface area contributed by atoms with Crippen molar-refractivity contribution in [2.24, 2.45) is 0 Å². The molecule has 0 aliphatic heterocycles. The highest BCUT2D eigenvalue weighted by Crippen LogP contribution is 2.27. The van der Waals surface area contributed by atoms with E-state index in [1.54, 1.807) is 0 Å². The Hall–Kier alpha value is -2.07. The van der Waals surface area contributed by atoms with Crippen LogP contribution in [0.5, 0.6) is 0 Å². The third kappa shape index (κ3) is 2.27. The van der Waals surface area contributed by atoms with Crippen LogP contribution >= 0.6 is 22.6 Å². The van der Waals surface area contributed by atoms with Gasteiger partial charge in [0.1, 0.15) is 17.8 Å². The number of halogens is 1. The molecule has 0 saturated heterocycles. The number of anilines is 2. The van der Waals surface area contributed by atoms with Gasteiger partial charge in [0, 0.05) is 21.0 Å². The molecule has 3 rings (SSSR count). The maximum atomic E-state index is 5.40. The highest BCUT2D eigenvalue weighted by atomic mass is 127. The summed E-state index contributed by atoms with van der Waals surface area (Å²) in [6.45, 7) is 0. The van der Waals surface area contributed by atoms with E-state index in [1.165, 1.54) is 6.33 Å². The number of nitrogens with one attached hydrogen (secondary N) is 2. The number of hydrogen-bond acceptors (Lipinski definition) is 3. The average Bonchev–Trinajstić information content (AvgIpc) is 2.82. The van der Waals surface area contributed by atoms with E-state index in [1.807, 2.05) is 30.5 Å². The molecule has 0 amide bonds. The zero-order valence-electron chi connectivity index (χ0n) is 9.81. The molecular formula is C14H9IN4. The molecule has 2 heterocycles. The summed E-state index contributed by atoms with van der Waals surface area (Å²) in [5, 5.41) is 4.26. The standard InChI is InChI=1S/C14H9IN4/c1-2-9-4-3-5-10(6-9)19-14-12-11(15)7-16-13(12)17-8-18-14/h1,3-8H,(H2,16,17,18,19). The number of aromatic nitrogens is 3. The molecule has 0 spiro atoms. The molecule has 3 aromatic rings. The molecule has 0 aliphatic carbocycles. The van der Waals surface area contributed by atoms with Crippen molar-refractivity contribution in [1.82, 2.24) is 15.0 Å². The number of terminal acetylenes is 1. The van der Waals surface area contributed by atoms with Gasteiger partial charge in [-0.15, -0.1) is 6.42 Å². The van der Waals surface area contributed by atoms with Crippen LogP contribution in [0.15, 0.2) is 36.8 Å². The number of rotatable bonds is 2. The fraction of sp³-hybridized carbons (Fsp3) is 0. The molecule has 0 unspecified atom stereocenters. The van der Waals surface area contributed by atoms with Crippen molar-refractivity contribution in [2.45, 2.75) is 0 Å². The second-order valence-electron chi connectivity index (χ2n) is 3.93. The van der Waals surface area contributed by atoms with Gasteiger partial charge in [-0.05, 0) is 40.8 Å². The van der Waals surface area contributed by atoms with E-state index in [-0.39, 0.29) is 0 Å². The minimum Gasteiger partial charge on any atom is -0.345 e. The molecule has 2 N–H and O–H groups in total. The Morgan fingerprint density at radius 1 is 1.32 bits per heavy atom. The molecule has 92 valence electrons. The third-order valence-electron chi connectivity index (χ3n) is 2.71. The van der Waals surface area contributed by atoms with Crippen molar-refractivity contribution in [3.8, 4) is 12.3 Å². The van der Waals surface area contributed by atoms with Gasteiger partial charge >= 0.3 is 0 Å². The summed E-state index contributed by atoms with van der Waals surface area (Å²) >= 11 is 2.25. The first-order chi connectivity index (χ1) is 9.28. The molecule has 0 saturated carbocycles. The number of H-pyrrole nitrogens is 1. The maximum Gasteiger partial charge on any atom is 0.144 e. The van der Waals surface area contributed by atoms with Crippen molar-refractivity contribution in [2.75, 3.05) is 5.32 Å². The van der Waals surface area contributed by atoms with Crippen LogP contribution in [0.25, 0.3) is 11.0 Å². The summed E-state index contributed by atoms with van der Waals surface area (Å²) in [4.78, 5) is 11.6. The summed E-state index contributed by atoms with van der Waals surface area (Å²) in [5.41, 5.74) is 2.56. The molecular weight excluding hydrogens is 351 g/mol. The van der Waals surface area contributed by atoms with E-state index in [0.717, 1.165) is 31.7 Å². The van der Waals surface area contributed by atoms with Crippen LogP contribution in [0.4, 0.5) is 11.5 Å².